The van der Waals surface area contributed by atoms with Gasteiger partial charge in [0.1, 0.15) is 11.4 Å². The zero-order valence-electron chi connectivity index (χ0n) is 14.9. The lowest BCUT2D eigenvalue weighted by Crippen LogP contribution is -2.18. The third kappa shape index (κ3) is 3.94. The fraction of sp³-hybridized carbons (Fsp3) is 0. The Balaban J connectivity index is 1.53. The maximum atomic E-state index is 12.4. The monoisotopic (exact) mass is 424 g/mol. The number of carbonyl (C=O) groups excluding carboxylic acids is 1. The first-order valence-corrected chi connectivity index (χ1v) is 9.33. The number of benzene rings is 3. The average molecular weight is 425 g/mol. The topological polar surface area (TPSA) is 90.4 Å². The molecule has 3 aromatic carbocycles. The van der Waals surface area contributed by atoms with Crippen LogP contribution in [0, 0.1) is 0 Å². The predicted molar refractivity (Wildman–Crippen MR) is 115 cm³/mol. The molecule has 29 heavy (non-hydrogen) atoms. The summed E-state index contributed by atoms with van der Waals surface area (Å²) < 4.78 is 0. The van der Waals surface area contributed by atoms with Crippen LogP contribution in [0.2, 0.25) is 10.0 Å². The van der Waals surface area contributed by atoms with E-state index in [4.69, 9.17) is 23.2 Å². The van der Waals surface area contributed by atoms with Crippen molar-refractivity contribution in [2.45, 2.75) is 0 Å². The number of H-pyrrole nitrogens is 1. The summed E-state index contributed by atoms with van der Waals surface area (Å²) in [6.07, 6.45) is 1.41. The van der Waals surface area contributed by atoms with E-state index < -0.39 is 5.91 Å². The molecular formula is C21H14Cl2N4O2. The first-order valence-electron chi connectivity index (χ1n) is 8.58. The van der Waals surface area contributed by atoms with Crippen molar-refractivity contribution in [3.05, 3.63) is 82.0 Å². The molecule has 0 saturated carbocycles. The van der Waals surface area contributed by atoms with Crippen molar-refractivity contribution in [3.8, 4) is 17.0 Å². The maximum absolute atomic E-state index is 12.4. The summed E-state index contributed by atoms with van der Waals surface area (Å²) in [5.74, 6) is -0.410. The van der Waals surface area contributed by atoms with Crippen LogP contribution in [0.25, 0.3) is 22.0 Å². The fourth-order valence-corrected chi connectivity index (χ4v) is 3.41. The fourth-order valence-electron chi connectivity index (χ4n) is 2.91. The van der Waals surface area contributed by atoms with Gasteiger partial charge in [0.05, 0.1) is 16.9 Å². The molecule has 0 spiro atoms. The highest BCUT2D eigenvalue weighted by Gasteiger charge is 2.13. The number of rotatable bonds is 4. The molecule has 6 nitrogen and oxygen atoms in total. The molecule has 1 heterocycles. The second-order valence-corrected chi connectivity index (χ2v) is 7.05. The minimum absolute atomic E-state index is 0.0721. The van der Waals surface area contributed by atoms with Gasteiger partial charge in [-0.2, -0.15) is 10.2 Å². The number of aromatic hydroxyl groups is 1. The van der Waals surface area contributed by atoms with Crippen molar-refractivity contribution in [2.75, 3.05) is 0 Å². The van der Waals surface area contributed by atoms with Gasteiger partial charge in [0.25, 0.3) is 5.91 Å². The van der Waals surface area contributed by atoms with E-state index in [9.17, 15) is 9.90 Å². The molecule has 0 aliphatic heterocycles. The maximum Gasteiger partial charge on any atom is 0.289 e. The lowest BCUT2D eigenvalue weighted by Gasteiger charge is -2.04. The highest BCUT2D eigenvalue weighted by Crippen LogP contribution is 2.29. The molecule has 4 aromatic rings. The number of hydrogen-bond donors (Lipinski definition) is 3. The molecule has 0 aliphatic rings. The summed E-state index contributed by atoms with van der Waals surface area (Å²) in [5.41, 5.74) is 4.31. The van der Waals surface area contributed by atoms with Crippen LogP contribution in [0.15, 0.2) is 65.8 Å². The van der Waals surface area contributed by atoms with Crippen molar-refractivity contribution in [1.29, 1.82) is 0 Å². The molecule has 3 N–H and O–H groups in total. The molecule has 8 heteroatoms. The van der Waals surface area contributed by atoms with E-state index in [2.05, 4.69) is 20.7 Å². The summed E-state index contributed by atoms with van der Waals surface area (Å²) in [4.78, 5) is 12.4. The number of hydrogen-bond acceptors (Lipinski definition) is 4. The zero-order chi connectivity index (χ0) is 20.4. The highest BCUT2D eigenvalue weighted by molar-refractivity contribution is 6.36. The van der Waals surface area contributed by atoms with Gasteiger partial charge in [-0.15, -0.1) is 0 Å². The Hall–Kier alpha value is -3.35. The molecule has 1 aromatic heterocycles. The molecule has 0 bridgehead atoms. The van der Waals surface area contributed by atoms with E-state index in [0.29, 0.717) is 26.9 Å². The summed E-state index contributed by atoms with van der Waals surface area (Å²) in [6, 6.07) is 17.6. The Morgan fingerprint density at radius 1 is 1.10 bits per heavy atom. The molecule has 4 rings (SSSR count). The Labute approximate surface area is 175 Å². The van der Waals surface area contributed by atoms with Crippen LogP contribution >= 0.6 is 23.2 Å². The molecule has 0 fully saturated rings. The minimum Gasteiger partial charge on any atom is -0.507 e. The van der Waals surface area contributed by atoms with Crippen LogP contribution < -0.4 is 5.43 Å². The van der Waals surface area contributed by atoms with Gasteiger partial charge in [0.2, 0.25) is 0 Å². The predicted octanol–water partition coefficient (Wildman–Crippen LogP) is 5.01. The normalized spacial score (nSPS) is 11.2. The van der Waals surface area contributed by atoms with Gasteiger partial charge in [-0.25, -0.2) is 5.43 Å². The van der Waals surface area contributed by atoms with E-state index in [0.717, 1.165) is 10.8 Å². The first kappa shape index (κ1) is 19.0. The smallest absolute Gasteiger partial charge is 0.289 e. The van der Waals surface area contributed by atoms with Crippen LogP contribution in [0.5, 0.6) is 5.75 Å². The van der Waals surface area contributed by atoms with Gasteiger partial charge in [-0.3, -0.25) is 9.89 Å². The van der Waals surface area contributed by atoms with Crippen molar-refractivity contribution in [2.24, 2.45) is 5.10 Å². The molecule has 0 radical (unpaired) electrons. The zero-order valence-corrected chi connectivity index (χ0v) is 16.4. The first-order chi connectivity index (χ1) is 14.0. The van der Waals surface area contributed by atoms with E-state index in [-0.39, 0.29) is 11.4 Å². The number of aromatic nitrogens is 2. The van der Waals surface area contributed by atoms with Gasteiger partial charge in [0, 0.05) is 16.1 Å². The molecule has 0 aliphatic carbocycles. The second kappa shape index (κ2) is 7.95. The Morgan fingerprint density at radius 2 is 1.93 bits per heavy atom. The molecular weight excluding hydrogens is 411 g/mol. The van der Waals surface area contributed by atoms with E-state index >= 15 is 0 Å². The third-order valence-corrected chi connectivity index (χ3v) is 4.88. The Morgan fingerprint density at radius 3 is 2.76 bits per heavy atom. The van der Waals surface area contributed by atoms with Gasteiger partial charge in [-0.05, 0) is 41.1 Å². The summed E-state index contributed by atoms with van der Waals surface area (Å²) in [7, 11) is 0. The van der Waals surface area contributed by atoms with Gasteiger partial charge < -0.3 is 5.11 Å². The number of aromatic amines is 1. The average Bonchev–Trinajstić information content (AvgIpc) is 3.19. The quantitative estimate of drug-likeness (QED) is 0.317. The summed E-state index contributed by atoms with van der Waals surface area (Å²) in [6.45, 7) is 0. The van der Waals surface area contributed by atoms with Gasteiger partial charge in [-0.1, -0.05) is 53.5 Å². The summed E-state index contributed by atoms with van der Waals surface area (Å²) in [5, 5.41) is 23.6. The lowest BCUT2D eigenvalue weighted by atomic mass is 10.0. The molecule has 0 atom stereocenters. The highest BCUT2D eigenvalue weighted by atomic mass is 35.5. The number of halogens is 2. The third-order valence-electron chi connectivity index (χ3n) is 4.34. The SMILES string of the molecule is O=C(N/N=C\c1c(O)ccc2ccccc12)c1cc(-c2ccc(Cl)cc2Cl)n[nH]1. The largest absolute Gasteiger partial charge is 0.507 e. The van der Waals surface area contributed by atoms with Crippen molar-refractivity contribution in [3.63, 3.8) is 0 Å². The number of amides is 1. The van der Waals surface area contributed by atoms with E-state index in [1.165, 1.54) is 6.21 Å². The van der Waals surface area contributed by atoms with Crippen LogP contribution in [0.3, 0.4) is 0 Å². The number of carbonyl (C=O) groups is 1. The number of phenolic OH excluding ortho intramolecular Hbond substituents is 1. The number of nitrogens with zero attached hydrogens (tertiary/aromatic N) is 2. The molecule has 0 saturated heterocycles. The standard InChI is InChI=1S/C21H14Cl2N4O2/c22-13-6-7-15(17(23)9-13)18-10-19(26-25-18)21(29)27-24-11-16-14-4-2-1-3-12(14)5-8-20(16)28/h1-11,28H,(H,25,26)(H,27,29)/b24-11-. The second-order valence-electron chi connectivity index (χ2n) is 6.21. The van der Waals surface area contributed by atoms with Crippen LogP contribution in [0.1, 0.15) is 16.1 Å². The molecule has 0 unspecified atom stereocenters. The molecule has 144 valence electrons. The number of fused-ring (bicyclic) bond motifs is 1. The van der Waals surface area contributed by atoms with Crippen molar-refractivity contribution >= 4 is 46.1 Å². The Kier molecular flexibility index (Phi) is 5.20. The van der Waals surface area contributed by atoms with Gasteiger partial charge >= 0.3 is 0 Å². The van der Waals surface area contributed by atoms with Crippen LogP contribution in [-0.2, 0) is 0 Å². The van der Waals surface area contributed by atoms with Crippen LogP contribution in [-0.4, -0.2) is 27.4 Å². The number of hydrazone groups is 1. The summed E-state index contributed by atoms with van der Waals surface area (Å²) >= 11 is 12.1. The van der Waals surface area contributed by atoms with E-state index in [1.54, 1.807) is 30.3 Å². The number of nitrogens with one attached hydrogen (secondary N) is 2. The Bertz CT molecular complexity index is 1250. The lowest BCUT2D eigenvalue weighted by molar-refractivity contribution is 0.0950. The van der Waals surface area contributed by atoms with Crippen molar-refractivity contribution in [1.82, 2.24) is 15.6 Å². The van der Waals surface area contributed by atoms with Crippen molar-refractivity contribution < 1.29 is 9.90 Å². The minimum atomic E-state index is -0.482. The van der Waals surface area contributed by atoms with E-state index in [1.807, 2.05) is 30.3 Å². The number of phenols is 1. The van der Waals surface area contributed by atoms with Gasteiger partial charge in [0.15, 0.2) is 0 Å². The van der Waals surface area contributed by atoms with Crippen LogP contribution in [0.4, 0.5) is 0 Å². The molecule has 1 amide bonds.